The summed E-state index contributed by atoms with van der Waals surface area (Å²) in [5.74, 6) is -1.44. The first-order chi connectivity index (χ1) is 12.6. The zero-order valence-corrected chi connectivity index (χ0v) is 16.5. The first-order valence-corrected chi connectivity index (χ1v) is 10.0. The molecule has 0 N–H and O–H groups in total. The van der Waals surface area contributed by atoms with Crippen LogP contribution >= 0.6 is 0 Å². The number of nitrogens with zero attached hydrogens (tertiary/aromatic N) is 2. The molecule has 2 rings (SSSR count). The van der Waals surface area contributed by atoms with Crippen LogP contribution in [0.1, 0.15) is 30.1 Å². The van der Waals surface area contributed by atoms with Crippen molar-refractivity contribution in [3.63, 3.8) is 0 Å². The number of sulfonamides is 1. The summed E-state index contributed by atoms with van der Waals surface area (Å²) in [4.78, 5) is 36.4. The Morgan fingerprint density at radius 3 is 2.37 bits per heavy atom. The van der Waals surface area contributed by atoms with Crippen molar-refractivity contribution in [1.82, 2.24) is 9.21 Å². The molecule has 0 radical (unpaired) electrons. The van der Waals surface area contributed by atoms with Gasteiger partial charge in [-0.15, -0.1) is 0 Å². The second kappa shape index (κ2) is 8.62. The van der Waals surface area contributed by atoms with Gasteiger partial charge in [0, 0.05) is 32.7 Å². The van der Waals surface area contributed by atoms with Crippen LogP contribution in [0.25, 0.3) is 0 Å². The number of likely N-dealkylation sites (N-methyl/N-ethyl adjacent to an activating group) is 1. The highest BCUT2D eigenvalue weighted by molar-refractivity contribution is 7.89. The van der Waals surface area contributed by atoms with Crippen LogP contribution < -0.4 is 0 Å². The smallest absolute Gasteiger partial charge is 0.309 e. The van der Waals surface area contributed by atoms with E-state index in [0.29, 0.717) is 18.4 Å². The molecule has 1 aromatic rings. The molecule has 0 saturated carbocycles. The standard InChI is InChI=1S/C18H24N2O6S/c1-13(21)15-5-4-6-16(11-15)27(24,25)20-9-7-14(8-10-20)18(23)26-12-17(22)19(2)3/h4-6,11,14H,7-10,12H2,1-3H3. The van der Waals surface area contributed by atoms with E-state index >= 15 is 0 Å². The van der Waals surface area contributed by atoms with Crippen LogP contribution in [0.3, 0.4) is 0 Å². The van der Waals surface area contributed by atoms with E-state index in [2.05, 4.69) is 0 Å². The minimum atomic E-state index is -3.74. The van der Waals surface area contributed by atoms with Gasteiger partial charge in [-0.3, -0.25) is 14.4 Å². The molecule has 1 aliphatic heterocycles. The average Bonchev–Trinajstić information content (AvgIpc) is 2.65. The lowest BCUT2D eigenvalue weighted by Crippen LogP contribution is -2.41. The topological polar surface area (TPSA) is 101 Å². The zero-order chi connectivity index (χ0) is 20.2. The quantitative estimate of drug-likeness (QED) is 0.524. The lowest BCUT2D eigenvalue weighted by atomic mass is 9.98. The lowest BCUT2D eigenvalue weighted by Gasteiger charge is -2.30. The molecule has 0 spiro atoms. The van der Waals surface area contributed by atoms with Gasteiger partial charge >= 0.3 is 5.97 Å². The number of Topliss-reactive ketones (excluding diaryl/α,β-unsaturated/α-hetero) is 1. The molecule has 1 aromatic carbocycles. The highest BCUT2D eigenvalue weighted by Gasteiger charge is 2.33. The van der Waals surface area contributed by atoms with Gasteiger partial charge in [-0.2, -0.15) is 4.31 Å². The maximum Gasteiger partial charge on any atom is 0.309 e. The summed E-state index contributed by atoms with van der Waals surface area (Å²) in [6, 6.07) is 5.92. The number of rotatable bonds is 6. The van der Waals surface area contributed by atoms with Gasteiger partial charge in [0.25, 0.3) is 5.91 Å². The Hall–Kier alpha value is -2.26. The van der Waals surface area contributed by atoms with Crippen molar-refractivity contribution in [3.8, 4) is 0 Å². The van der Waals surface area contributed by atoms with Crippen molar-refractivity contribution in [2.45, 2.75) is 24.7 Å². The summed E-state index contributed by atoms with van der Waals surface area (Å²) >= 11 is 0. The highest BCUT2D eigenvalue weighted by atomic mass is 32.2. The summed E-state index contributed by atoms with van der Waals surface area (Å²) in [7, 11) is -0.596. The second-order valence-corrected chi connectivity index (χ2v) is 8.60. The molecule has 1 amide bonds. The fourth-order valence-electron chi connectivity index (χ4n) is 2.74. The van der Waals surface area contributed by atoms with Crippen LogP contribution in [0.4, 0.5) is 0 Å². The Morgan fingerprint density at radius 2 is 1.81 bits per heavy atom. The van der Waals surface area contributed by atoms with E-state index in [-0.39, 0.29) is 36.3 Å². The number of ketones is 1. The van der Waals surface area contributed by atoms with Gasteiger partial charge in [0.05, 0.1) is 10.8 Å². The minimum absolute atomic E-state index is 0.0628. The van der Waals surface area contributed by atoms with Gasteiger partial charge in [0.15, 0.2) is 12.4 Å². The van der Waals surface area contributed by atoms with Crippen molar-refractivity contribution in [1.29, 1.82) is 0 Å². The van der Waals surface area contributed by atoms with Crippen LogP contribution in [-0.2, 0) is 24.3 Å². The first kappa shape index (κ1) is 21.0. The van der Waals surface area contributed by atoms with Gasteiger partial charge in [-0.1, -0.05) is 12.1 Å². The van der Waals surface area contributed by atoms with E-state index in [1.807, 2.05) is 0 Å². The summed E-state index contributed by atoms with van der Waals surface area (Å²) in [6.07, 6.45) is 0.640. The van der Waals surface area contributed by atoms with Crippen LogP contribution in [-0.4, -0.2) is 69.1 Å². The molecule has 8 nitrogen and oxygen atoms in total. The number of esters is 1. The Labute approximate surface area is 159 Å². The van der Waals surface area contributed by atoms with E-state index in [1.54, 1.807) is 20.2 Å². The van der Waals surface area contributed by atoms with Crippen LogP contribution in [0.2, 0.25) is 0 Å². The van der Waals surface area contributed by atoms with Crippen molar-refractivity contribution in [3.05, 3.63) is 29.8 Å². The van der Waals surface area contributed by atoms with Gasteiger partial charge in [-0.25, -0.2) is 8.42 Å². The van der Waals surface area contributed by atoms with Crippen molar-refractivity contribution in [2.75, 3.05) is 33.8 Å². The molecular weight excluding hydrogens is 372 g/mol. The Balaban J connectivity index is 1.98. The predicted molar refractivity (Wildman–Crippen MR) is 97.6 cm³/mol. The molecule has 27 heavy (non-hydrogen) atoms. The van der Waals surface area contributed by atoms with Crippen LogP contribution in [0.5, 0.6) is 0 Å². The number of hydrogen-bond acceptors (Lipinski definition) is 6. The van der Waals surface area contributed by atoms with Crippen molar-refractivity contribution >= 4 is 27.7 Å². The molecule has 1 fully saturated rings. The third-order valence-corrected chi connectivity index (χ3v) is 6.40. The van der Waals surface area contributed by atoms with Crippen molar-refractivity contribution < 1.29 is 27.5 Å². The van der Waals surface area contributed by atoms with Gasteiger partial charge in [0.2, 0.25) is 10.0 Å². The number of hydrogen-bond donors (Lipinski definition) is 0. The second-order valence-electron chi connectivity index (χ2n) is 6.66. The SMILES string of the molecule is CC(=O)c1cccc(S(=O)(=O)N2CCC(C(=O)OCC(=O)N(C)C)CC2)c1. The van der Waals surface area contributed by atoms with Gasteiger partial charge < -0.3 is 9.64 Å². The molecule has 1 heterocycles. The third kappa shape index (κ3) is 5.14. The number of carbonyl (C=O) groups excluding carboxylic acids is 3. The fraction of sp³-hybridized carbons (Fsp3) is 0.500. The maximum absolute atomic E-state index is 12.8. The molecular formula is C18H24N2O6S. The van der Waals surface area contributed by atoms with Crippen LogP contribution in [0, 0.1) is 5.92 Å². The molecule has 0 aromatic heterocycles. The van der Waals surface area contributed by atoms with Gasteiger partial charge in [0.1, 0.15) is 0 Å². The highest BCUT2D eigenvalue weighted by Crippen LogP contribution is 2.25. The van der Waals surface area contributed by atoms with E-state index in [1.165, 1.54) is 34.3 Å². The summed E-state index contributed by atoms with van der Waals surface area (Å²) < 4.78 is 31.9. The molecule has 1 saturated heterocycles. The van der Waals surface area contributed by atoms with E-state index in [4.69, 9.17) is 4.74 Å². The maximum atomic E-state index is 12.8. The molecule has 0 bridgehead atoms. The van der Waals surface area contributed by atoms with Crippen molar-refractivity contribution in [2.24, 2.45) is 5.92 Å². The Morgan fingerprint density at radius 1 is 1.19 bits per heavy atom. The Kier molecular flexibility index (Phi) is 6.72. The van der Waals surface area contributed by atoms with Gasteiger partial charge in [-0.05, 0) is 31.9 Å². The Bertz CT molecular complexity index is 826. The van der Waals surface area contributed by atoms with E-state index in [9.17, 15) is 22.8 Å². The predicted octanol–water partition coefficient (Wildman–Crippen LogP) is 0.921. The summed E-state index contributed by atoms with van der Waals surface area (Å²) in [5.41, 5.74) is 0.333. The molecule has 0 aliphatic carbocycles. The number of carbonyl (C=O) groups is 3. The van der Waals surface area contributed by atoms with E-state index < -0.39 is 21.9 Å². The van der Waals surface area contributed by atoms with E-state index in [0.717, 1.165) is 0 Å². The molecule has 0 unspecified atom stereocenters. The average molecular weight is 396 g/mol. The zero-order valence-electron chi connectivity index (χ0n) is 15.7. The molecule has 148 valence electrons. The number of amides is 1. The lowest BCUT2D eigenvalue weighted by molar-refractivity contribution is -0.155. The third-order valence-electron chi connectivity index (χ3n) is 4.50. The largest absolute Gasteiger partial charge is 0.455 e. The molecule has 9 heteroatoms. The number of piperidine rings is 1. The summed E-state index contributed by atoms with van der Waals surface area (Å²) in [5, 5.41) is 0. The summed E-state index contributed by atoms with van der Waals surface area (Å²) in [6.45, 7) is 1.41. The normalized spacial score (nSPS) is 16.0. The first-order valence-electron chi connectivity index (χ1n) is 8.61. The fourth-order valence-corrected chi connectivity index (χ4v) is 4.25. The minimum Gasteiger partial charge on any atom is -0.455 e. The van der Waals surface area contributed by atoms with Crippen LogP contribution in [0.15, 0.2) is 29.2 Å². The number of ether oxygens (including phenoxy) is 1. The number of benzene rings is 1. The molecule has 1 aliphatic rings. The molecule has 0 atom stereocenters. The monoisotopic (exact) mass is 396 g/mol.